The van der Waals surface area contributed by atoms with E-state index in [-0.39, 0.29) is 16.6 Å². The molecular weight excluding hydrogens is 755 g/mol. The molecule has 0 bridgehead atoms. The Hall–Kier alpha value is -3.66. The molecule has 3 atom stereocenters. The van der Waals surface area contributed by atoms with E-state index in [1.165, 1.54) is 42.5 Å². The number of hydrogen-bond donors (Lipinski definition) is 2. The molecule has 324 valence electrons. The third-order valence-electron chi connectivity index (χ3n) is 9.01. The van der Waals surface area contributed by atoms with E-state index in [4.69, 9.17) is 23.7 Å². The number of ether oxygens (including phenoxy) is 5. The van der Waals surface area contributed by atoms with Crippen molar-refractivity contribution >= 4 is 40.8 Å². The van der Waals surface area contributed by atoms with Crippen LogP contribution in [0, 0.1) is 11.3 Å². The van der Waals surface area contributed by atoms with Crippen LogP contribution in [-0.4, -0.2) is 134 Å². The Balaban J connectivity index is 3.16. The summed E-state index contributed by atoms with van der Waals surface area (Å²) in [7, 11) is 3.10. The van der Waals surface area contributed by atoms with Gasteiger partial charge in [-0.15, -0.1) is 0 Å². The third kappa shape index (κ3) is 18.2. The molecule has 0 spiro atoms. The highest BCUT2D eigenvalue weighted by Crippen LogP contribution is 2.33. The second-order valence-corrected chi connectivity index (χ2v) is 18.2. The van der Waals surface area contributed by atoms with E-state index in [0.29, 0.717) is 57.8 Å². The predicted molar refractivity (Wildman–Crippen MR) is 223 cm³/mol. The molecule has 0 aliphatic carbocycles. The fourth-order valence-corrected chi connectivity index (χ4v) is 6.36. The number of rotatable bonds is 23. The average molecular weight is 824 g/mol. The highest BCUT2D eigenvalue weighted by Gasteiger charge is 2.46. The van der Waals surface area contributed by atoms with Gasteiger partial charge >= 0.3 is 12.1 Å². The Bertz CT molecular complexity index is 1480. The van der Waals surface area contributed by atoms with Crippen molar-refractivity contribution in [3.8, 4) is 5.75 Å². The van der Waals surface area contributed by atoms with Crippen molar-refractivity contribution in [3.63, 3.8) is 0 Å². The molecule has 0 fully saturated rings. The maximum absolute atomic E-state index is 14.6. The molecule has 1 rings (SSSR count). The first-order chi connectivity index (χ1) is 26.3. The predicted octanol–water partition coefficient (Wildman–Crippen LogP) is 5.95. The molecule has 0 saturated carbocycles. The second-order valence-electron chi connectivity index (χ2n) is 16.9. The molecule has 0 heterocycles. The van der Waals surface area contributed by atoms with Crippen LogP contribution in [0.3, 0.4) is 0 Å². The van der Waals surface area contributed by atoms with Gasteiger partial charge in [-0.05, 0) is 56.7 Å². The lowest BCUT2D eigenvalue weighted by atomic mass is 9.76. The number of carboxylic acid groups (broad SMARTS) is 1. The molecule has 0 aliphatic heterocycles. The van der Waals surface area contributed by atoms with Gasteiger partial charge in [0.15, 0.2) is 5.12 Å². The van der Waals surface area contributed by atoms with Gasteiger partial charge < -0.3 is 39.0 Å². The Labute approximate surface area is 344 Å². The molecule has 0 aromatic heterocycles. The van der Waals surface area contributed by atoms with Crippen LogP contribution < -0.4 is 10.1 Å². The van der Waals surface area contributed by atoms with E-state index < -0.39 is 58.4 Å². The van der Waals surface area contributed by atoms with E-state index in [9.17, 15) is 29.1 Å². The highest BCUT2D eigenvalue weighted by molar-refractivity contribution is 8.13. The quantitative estimate of drug-likeness (QED) is 0.0984. The first-order valence-corrected chi connectivity index (χ1v) is 20.3. The van der Waals surface area contributed by atoms with E-state index in [1.54, 1.807) is 46.0 Å². The number of benzene rings is 1. The fraction of sp³-hybridized carbons (Fsp3) is 0.690. The molecule has 0 saturated heterocycles. The maximum atomic E-state index is 14.6. The number of nitrogens with one attached hydrogen (secondary N) is 1. The monoisotopic (exact) mass is 823 g/mol. The molecule has 3 amide bonds. The van der Waals surface area contributed by atoms with Gasteiger partial charge in [0.25, 0.3) is 0 Å². The van der Waals surface area contributed by atoms with Gasteiger partial charge in [-0.1, -0.05) is 78.4 Å². The maximum Gasteiger partial charge on any atom is 0.410 e. The van der Waals surface area contributed by atoms with E-state index >= 15 is 0 Å². The van der Waals surface area contributed by atoms with Crippen LogP contribution in [0.4, 0.5) is 4.79 Å². The summed E-state index contributed by atoms with van der Waals surface area (Å²) in [6.45, 7) is 24.0. The van der Waals surface area contributed by atoms with Gasteiger partial charge in [0.05, 0.1) is 45.7 Å². The lowest BCUT2D eigenvalue weighted by molar-refractivity contribution is -0.142. The normalized spacial score (nSPS) is 14.1. The molecule has 15 heteroatoms. The molecule has 14 nitrogen and oxygen atoms in total. The summed E-state index contributed by atoms with van der Waals surface area (Å²) in [4.78, 5) is 67.6. The zero-order valence-corrected chi connectivity index (χ0v) is 37.5. The van der Waals surface area contributed by atoms with Crippen molar-refractivity contribution in [2.45, 2.75) is 112 Å². The van der Waals surface area contributed by atoms with Crippen molar-refractivity contribution in [3.05, 3.63) is 41.5 Å². The van der Waals surface area contributed by atoms with Crippen LogP contribution in [0.1, 0.15) is 88.6 Å². The van der Waals surface area contributed by atoms with Crippen LogP contribution in [-0.2, 0) is 43.5 Å². The lowest BCUT2D eigenvalue weighted by Gasteiger charge is -2.42. The fourth-order valence-electron chi connectivity index (χ4n) is 5.87. The van der Waals surface area contributed by atoms with Crippen molar-refractivity contribution < 1.29 is 52.8 Å². The largest absolute Gasteiger partial charge is 0.491 e. The first kappa shape index (κ1) is 51.4. The summed E-state index contributed by atoms with van der Waals surface area (Å²) < 4.78 is 28.1. The summed E-state index contributed by atoms with van der Waals surface area (Å²) in [6.07, 6.45) is 0.839. The highest BCUT2D eigenvalue weighted by atomic mass is 32.2. The smallest absolute Gasteiger partial charge is 0.410 e. The second kappa shape index (κ2) is 23.7. The molecule has 0 radical (unpaired) electrons. The van der Waals surface area contributed by atoms with Crippen molar-refractivity contribution in [1.29, 1.82) is 0 Å². The topological polar surface area (TPSA) is 170 Å². The van der Waals surface area contributed by atoms with Gasteiger partial charge in [-0.3, -0.25) is 19.3 Å². The Morgan fingerprint density at radius 1 is 0.789 bits per heavy atom. The minimum absolute atomic E-state index is 0.0702. The number of carbonyl (C=O) groups excluding carboxylic acids is 4. The lowest BCUT2D eigenvalue weighted by Crippen LogP contribution is -2.63. The zero-order valence-electron chi connectivity index (χ0n) is 36.7. The third-order valence-corrected chi connectivity index (χ3v) is 9.79. The molecule has 1 aromatic rings. The van der Waals surface area contributed by atoms with Gasteiger partial charge in [-0.25, -0.2) is 9.59 Å². The van der Waals surface area contributed by atoms with Crippen molar-refractivity contribution in [1.82, 2.24) is 15.1 Å². The number of thioether (sulfide) groups is 1. The Morgan fingerprint density at radius 3 is 1.75 bits per heavy atom. The average Bonchev–Trinajstić information content (AvgIpc) is 3.09. The van der Waals surface area contributed by atoms with Gasteiger partial charge in [0.1, 0.15) is 30.0 Å². The van der Waals surface area contributed by atoms with Crippen molar-refractivity contribution in [2.75, 3.05) is 66.1 Å². The minimum Gasteiger partial charge on any atom is -0.491 e. The standard InChI is InChI=1S/C42H69N3O11S/c1-28(2)33(27-29(3)38(49)50)44(13)37(48)34(40(5,6)7)43-36(47)35(45(14)39(51)56-41(8,9)10)42(11,12)31-15-17-32(18-16-31)55-24-23-53-20-19-52-21-22-54-25-26-57-30(4)46/h15-18,27-28,33-35H,19-26H2,1-14H3,(H,43,47)(H,49,50). The number of aliphatic carboxylic acids is 1. The molecule has 57 heavy (non-hydrogen) atoms. The number of likely N-dealkylation sites (N-methyl/N-ethyl adjacent to an activating group) is 2. The van der Waals surface area contributed by atoms with Crippen LogP contribution >= 0.6 is 11.8 Å². The van der Waals surface area contributed by atoms with Crippen LogP contribution in [0.5, 0.6) is 5.75 Å². The van der Waals surface area contributed by atoms with E-state index in [1.807, 2.05) is 60.6 Å². The number of nitrogens with zero attached hydrogens (tertiary/aromatic N) is 2. The Kier molecular flexibility index (Phi) is 21.3. The van der Waals surface area contributed by atoms with Crippen LogP contribution in [0.25, 0.3) is 0 Å². The molecule has 3 unspecified atom stereocenters. The summed E-state index contributed by atoms with van der Waals surface area (Å²) in [5.41, 5.74) is -1.78. The number of carbonyl (C=O) groups is 5. The zero-order chi connectivity index (χ0) is 43.7. The van der Waals surface area contributed by atoms with Gasteiger partial charge in [0.2, 0.25) is 11.8 Å². The first-order valence-electron chi connectivity index (χ1n) is 19.4. The minimum atomic E-state index is -1.13. The SMILES string of the molecule is CC(=O)SCCOCCOCCOCCOc1ccc(C(C)(C)C(C(=O)NC(C(=O)N(C)C(C=C(C)C(=O)O)C(C)C)C(C)(C)C)N(C)C(=O)OC(C)(C)C)cc1. The molecule has 1 aromatic carbocycles. The summed E-state index contributed by atoms with van der Waals surface area (Å²) in [6, 6.07) is 4.51. The van der Waals surface area contributed by atoms with Crippen LogP contribution in [0.2, 0.25) is 0 Å². The van der Waals surface area contributed by atoms with Crippen molar-refractivity contribution in [2.24, 2.45) is 11.3 Å². The number of hydrogen-bond acceptors (Lipinski definition) is 11. The summed E-state index contributed by atoms with van der Waals surface area (Å²) in [5, 5.41) is 12.6. The Morgan fingerprint density at radius 2 is 1.30 bits per heavy atom. The molecular formula is C42H69N3O11S. The van der Waals surface area contributed by atoms with E-state index in [2.05, 4.69) is 5.32 Å². The molecule has 0 aliphatic rings. The summed E-state index contributed by atoms with van der Waals surface area (Å²) >= 11 is 1.23. The summed E-state index contributed by atoms with van der Waals surface area (Å²) in [5.74, 6) is -0.961. The molecule has 2 N–H and O–H groups in total. The number of carboxylic acids is 1. The number of amides is 3. The van der Waals surface area contributed by atoms with Crippen LogP contribution in [0.15, 0.2) is 35.9 Å². The van der Waals surface area contributed by atoms with Gasteiger partial charge in [-0.2, -0.15) is 0 Å². The van der Waals surface area contributed by atoms with E-state index in [0.717, 1.165) is 5.56 Å². The van der Waals surface area contributed by atoms with Gasteiger partial charge in [0, 0.05) is 37.8 Å².